The molecule has 1 heterocycles. The van der Waals surface area contributed by atoms with Gasteiger partial charge in [0.05, 0.1) is 17.4 Å². The zero-order valence-electron chi connectivity index (χ0n) is 13.7. The molecule has 7 nitrogen and oxygen atoms in total. The topological polar surface area (TPSA) is 83.3 Å². The van der Waals surface area contributed by atoms with Crippen LogP contribution in [0.15, 0.2) is 54.7 Å². The fourth-order valence-corrected chi connectivity index (χ4v) is 2.33. The normalized spacial score (nSPS) is 10.3. The van der Waals surface area contributed by atoms with Crippen molar-refractivity contribution < 1.29 is 19.1 Å². The van der Waals surface area contributed by atoms with Gasteiger partial charge in [-0.05, 0) is 24.3 Å². The van der Waals surface area contributed by atoms with Gasteiger partial charge in [-0.2, -0.15) is 0 Å². The second-order valence-electron chi connectivity index (χ2n) is 5.20. The van der Waals surface area contributed by atoms with Crippen molar-refractivity contribution in [3.05, 3.63) is 54.7 Å². The molecule has 0 amide bonds. The Kier molecular flexibility index (Phi) is 4.56. The van der Waals surface area contributed by atoms with Gasteiger partial charge in [0.25, 0.3) is 0 Å². The quantitative estimate of drug-likeness (QED) is 0.538. The summed E-state index contributed by atoms with van der Waals surface area (Å²) in [5.41, 5.74) is 1.62. The van der Waals surface area contributed by atoms with Gasteiger partial charge in [0.1, 0.15) is 17.2 Å². The molecule has 0 bridgehead atoms. The minimum atomic E-state index is -0.489. The number of nitrogens with zero attached hydrogens (tertiary/aromatic N) is 3. The first kappa shape index (κ1) is 16.4. The fraction of sp³-hybridized carbons (Fsp3) is 0.111. The highest BCUT2D eigenvalue weighted by atomic mass is 16.5. The van der Waals surface area contributed by atoms with Crippen LogP contribution in [-0.4, -0.2) is 26.9 Å². The van der Waals surface area contributed by atoms with Crippen LogP contribution in [0.2, 0.25) is 0 Å². The van der Waals surface area contributed by atoms with E-state index in [0.29, 0.717) is 11.3 Å². The molecule has 0 saturated carbocycles. The maximum atomic E-state index is 11.4. The Labute approximate surface area is 143 Å². The van der Waals surface area contributed by atoms with Crippen molar-refractivity contribution in [2.45, 2.75) is 13.8 Å². The molecule has 0 aliphatic carbocycles. The number of hydrogen-bond donors (Lipinski definition) is 0. The summed E-state index contributed by atoms with van der Waals surface area (Å²) in [6.07, 6.45) is 1.67. The second kappa shape index (κ2) is 6.96. The highest BCUT2D eigenvalue weighted by Crippen LogP contribution is 2.37. The van der Waals surface area contributed by atoms with Crippen LogP contribution in [0.3, 0.4) is 0 Å². The molecule has 0 unspecified atom stereocenters. The second-order valence-corrected chi connectivity index (χ2v) is 5.20. The van der Waals surface area contributed by atoms with Gasteiger partial charge in [-0.15, -0.1) is 5.10 Å². The van der Waals surface area contributed by atoms with Crippen molar-refractivity contribution in [2.24, 2.45) is 0 Å². The molecular weight excluding hydrogens is 322 g/mol. The van der Waals surface area contributed by atoms with E-state index in [9.17, 15) is 9.59 Å². The van der Waals surface area contributed by atoms with Crippen LogP contribution < -0.4 is 9.47 Å². The summed E-state index contributed by atoms with van der Waals surface area (Å²) in [6, 6.07) is 14.3. The summed E-state index contributed by atoms with van der Waals surface area (Å²) in [4.78, 5) is 22.8. The lowest BCUT2D eigenvalue weighted by Crippen LogP contribution is -2.06. The van der Waals surface area contributed by atoms with Crippen molar-refractivity contribution in [2.75, 3.05) is 0 Å². The number of esters is 2. The van der Waals surface area contributed by atoms with Crippen molar-refractivity contribution >= 4 is 11.9 Å². The first-order valence-electron chi connectivity index (χ1n) is 7.52. The number of carbonyl (C=O) groups excluding carboxylic acids is 2. The van der Waals surface area contributed by atoms with Crippen LogP contribution in [-0.2, 0) is 9.59 Å². The predicted octanol–water partition coefficient (Wildman–Crippen LogP) is 2.78. The van der Waals surface area contributed by atoms with Gasteiger partial charge in [-0.3, -0.25) is 9.59 Å². The molecular formula is C18H15N3O4. The average Bonchev–Trinajstić information content (AvgIpc) is 3.04. The number of carbonyl (C=O) groups is 2. The van der Waals surface area contributed by atoms with Crippen LogP contribution in [0.4, 0.5) is 0 Å². The van der Waals surface area contributed by atoms with Crippen molar-refractivity contribution in [1.29, 1.82) is 0 Å². The van der Waals surface area contributed by atoms with Gasteiger partial charge in [-0.1, -0.05) is 29.5 Å². The smallest absolute Gasteiger partial charge is 0.308 e. The Bertz CT molecular complexity index is 885. The third-order valence-electron chi connectivity index (χ3n) is 3.27. The standard InChI is InChI=1S/C18H15N3O4/c1-12(22)24-16-9-6-10-17(25-13(2)23)18(16)15-11-21(20-19-15)14-7-4-3-5-8-14/h3-11H,1-2H3. The number of hydrogen-bond acceptors (Lipinski definition) is 6. The fourth-order valence-electron chi connectivity index (χ4n) is 2.33. The van der Waals surface area contributed by atoms with E-state index in [1.54, 1.807) is 29.1 Å². The minimum absolute atomic E-state index is 0.242. The van der Waals surface area contributed by atoms with E-state index < -0.39 is 11.9 Å². The van der Waals surface area contributed by atoms with Gasteiger partial charge in [-0.25, -0.2) is 4.68 Å². The summed E-state index contributed by atoms with van der Waals surface area (Å²) in [5.74, 6) is -0.494. The summed E-state index contributed by atoms with van der Waals surface area (Å²) in [6.45, 7) is 2.59. The van der Waals surface area contributed by atoms with Gasteiger partial charge in [0.15, 0.2) is 0 Å². The molecule has 1 aromatic heterocycles. The monoisotopic (exact) mass is 337 g/mol. The molecule has 0 saturated heterocycles. The molecule has 3 aromatic rings. The van der Waals surface area contributed by atoms with Crippen molar-refractivity contribution in [1.82, 2.24) is 15.0 Å². The SMILES string of the molecule is CC(=O)Oc1cccc(OC(C)=O)c1-c1cn(-c2ccccc2)nn1. The van der Waals surface area contributed by atoms with E-state index in [1.165, 1.54) is 13.8 Å². The molecule has 0 aliphatic heterocycles. The molecule has 0 spiro atoms. The first-order chi connectivity index (χ1) is 12.0. The number of aromatic nitrogens is 3. The molecule has 0 fully saturated rings. The van der Waals surface area contributed by atoms with Crippen LogP contribution in [0.25, 0.3) is 16.9 Å². The molecule has 126 valence electrons. The highest BCUT2D eigenvalue weighted by Gasteiger charge is 2.19. The zero-order valence-corrected chi connectivity index (χ0v) is 13.7. The molecule has 0 aliphatic rings. The molecule has 0 radical (unpaired) electrons. The van der Waals surface area contributed by atoms with E-state index in [2.05, 4.69) is 10.3 Å². The van der Waals surface area contributed by atoms with Crippen LogP contribution in [0.1, 0.15) is 13.8 Å². The molecule has 0 N–H and O–H groups in total. The average molecular weight is 337 g/mol. The van der Waals surface area contributed by atoms with Gasteiger partial charge in [0, 0.05) is 13.8 Å². The minimum Gasteiger partial charge on any atom is -0.426 e. The molecule has 2 aromatic carbocycles. The molecule has 25 heavy (non-hydrogen) atoms. The van der Waals surface area contributed by atoms with E-state index in [1.807, 2.05) is 30.3 Å². The lowest BCUT2D eigenvalue weighted by atomic mass is 10.1. The Morgan fingerprint density at radius 2 is 1.48 bits per heavy atom. The Morgan fingerprint density at radius 3 is 2.04 bits per heavy atom. The Hall–Kier alpha value is -3.48. The van der Waals surface area contributed by atoms with E-state index in [4.69, 9.17) is 9.47 Å². The van der Waals surface area contributed by atoms with Crippen LogP contribution in [0, 0.1) is 0 Å². The Morgan fingerprint density at radius 1 is 0.880 bits per heavy atom. The van der Waals surface area contributed by atoms with Crippen molar-refractivity contribution in [3.63, 3.8) is 0 Å². The van der Waals surface area contributed by atoms with Gasteiger partial charge >= 0.3 is 11.9 Å². The zero-order chi connectivity index (χ0) is 17.8. The summed E-state index contributed by atoms with van der Waals surface area (Å²) in [7, 11) is 0. The largest absolute Gasteiger partial charge is 0.426 e. The molecule has 7 heteroatoms. The van der Waals surface area contributed by atoms with E-state index in [0.717, 1.165) is 5.69 Å². The summed E-state index contributed by atoms with van der Waals surface area (Å²) in [5, 5.41) is 8.22. The number of benzene rings is 2. The molecule has 3 rings (SSSR count). The maximum Gasteiger partial charge on any atom is 0.308 e. The van der Waals surface area contributed by atoms with E-state index >= 15 is 0 Å². The lowest BCUT2D eigenvalue weighted by Gasteiger charge is -2.11. The Balaban J connectivity index is 2.10. The summed E-state index contributed by atoms with van der Waals surface area (Å²) >= 11 is 0. The van der Waals surface area contributed by atoms with Crippen molar-refractivity contribution in [3.8, 4) is 28.4 Å². The third kappa shape index (κ3) is 3.72. The number of rotatable bonds is 4. The number of ether oxygens (including phenoxy) is 2. The third-order valence-corrected chi connectivity index (χ3v) is 3.27. The van der Waals surface area contributed by atoms with Crippen LogP contribution >= 0.6 is 0 Å². The molecule has 0 atom stereocenters. The summed E-state index contributed by atoms with van der Waals surface area (Å²) < 4.78 is 12.0. The first-order valence-corrected chi connectivity index (χ1v) is 7.52. The van der Waals surface area contributed by atoms with E-state index in [-0.39, 0.29) is 11.5 Å². The van der Waals surface area contributed by atoms with Gasteiger partial charge in [0.2, 0.25) is 0 Å². The maximum absolute atomic E-state index is 11.4. The highest BCUT2D eigenvalue weighted by molar-refractivity contribution is 5.81. The predicted molar refractivity (Wildman–Crippen MR) is 89.4 cm³/mol. The lowest BCUT2D eigenvalue weighted by molar-refractivity contribution is -0.132. The van der Waals surface area contributed by atoms with Gasteiger partial charge < -0.3 is 9.47 Å². The number of para-hydroxylation sites is 1. The van der Waals surface area contributed by atoms with Crippen LogP contribution in [0.5, 0.6) is 11.5 Å².